The second kappa shape index (κ2) is 7.78. The van der Waals surface area contributed by atoms with Crippen molar-refractivity contribution in [3.63, 3.8) is 0 Å². The smallest absolute Gasteiger partial charge is 0.387 e. The van der Waals surface area contributed by atoms with Gasteiger partial charge < -0.3 is 19.8 Å². The number of esters is 1. The largest absolute Gasteiger partial charge is 0.462 e. The number of H-pyrrole nitrogens is 1. The van der Waals surface area contributed by atoms with Gasteiger partial charge in [-0.25, -0.2) is 4.79 Å². The zero-order chi connectivity index (χ0) is 18.6. The molecule has 0 bridgehead atoms. The van der Waals surface area contributed by atoms with Crippen molar-refractivity contribution in [1.82, 2.24) is 4.98 Å². The SMILES string of the molecule is CCOC(=O)c1c(C)[nH]c(C(=O)Nc2ccccc2OC(F)F)c1C. The highest BCUT2D eigenvalue weighted by atomic mass is 19.3. The molecule has 6 nitrogen and oxygen atoms in total. The monoisotopic (exact) mass is 352 g/mol. The van der Waals surface area contributed by atoms with Gasteiger partial charge in [0.1, 0.15) is 11.4 Å². The summed E-state index contributed by atoms with van der Waals surface area (Å²) in [5.74, 6) is -1.27. The molecule has 134 valence electrons. The minimum absolute atomic E-state index is 0.0946. The van der Waals surface area contributed by atoms with Crippen LogP contribution >= 0.6 is 0 Å². The lowest BCUT2D eigenvalue weighted by Gasteiger charge is -2.11. The van der Waals surface area contributed by atoms with Gasteiger partial charge in [-0.15, -0.1) is 0 Å². The average Bonchev–Trinajstić information content (AvgIpc) is 2.84. The minimum Gasteiger partial charge on any atom is -0.462 e. The Kier molecular flexibility index (Phi) is 5.74. The predicted octanol–water partition coefficient (Wildman–Crippen LogP) is 3.66. The maximum atomic E-state index is 12.5. The molecule has 0 atom stereocenters. The van der Waals surface area contributed by atoms with Gasteiger partial charge in [-0.05, 0) is 38.5 Å². The van der Waals surface area contributed by atoms with Gasteiger partial charge in [0.25, 0.3) is 5.91 Å². The number of benzene rings is 1. The van der Waals surface area contributed by atoms with E-state index in [4.69, 9.17) is 4.74 Å². The Balaban J connectivity index is 2.28. The predicted molar refractivity (Wildman–Crippen MR) is 87.3 cm³/mol. The number of hydrogen-bond donors (Lipinski definition) is 2. The number of alkyl halides is 2. The van der Waals surface area contributed by atoms with Crippen molar-refractivity contribution in [2.24, 2.45) is 0 Å². The van der Waals surface area contributed by atoms with Crippen molar-refractivity contribution >= 4 is 17.6 Å². The Morgan fingerprint density at radius 3 is 2.56 bits per heavy atom. The lowest BCUT2D eigenvalue weighted by Crippen LogP contribution is -2.15. The van der Waals surface area contributed by atoms with E-state index in [0.717, 1.165) is 0 Å². The van der Waals surface area contributed by atoms with E-state index < -0.39 is 18.5 Å². The maximum Gasteiger partial charge on any atom is 0.387 e. The molecule has 0 saturated carbocycles. The number of amides is 1. The van der Waals surface area contributed by atoms with E-state index in [-0.39, 0.29) is 29.3 Å². The summed E-state index contributed by atoms with van der Waals surface area (Å²) < 4.78 is 34.2. The van der Waals surface area contributed by atoms with Gasteiger partial charge in [-0.3, -0.25) is 4.79 Å². The van der Waals surface area contributed by atoms with E-state index in [1.54, 1.807) is 26.8 Å². The fraction of sp³-hybridized carbons (Fsp3) is 0.294. The van der Waals surface area contributed by atoms with E-state index in [1.807, 2.05) is 0 Å². The van der Waals surface area contributed by atoms with Gasteiger partial charge in [0.05, 0.1) is 17.9 Å². The van der Waals surface area contributed by atoms with Gasteiger partial charge in [0.15, 0.2) is 0 Å². The Labute approximate surface area is 143 Å². The van der Waals surface area contributed by atoms with Crippen LogP contribution in [0.25, 0.3) is 0 Å². The first-order valence-corrected chi connectivity index (χ1v) is 7.56. The number of ether oxygens (including phenoxy) is 2. The molecule has 1 heterocycles. The molecule has 0 unspecified atom stereocenters. The van der Waals surface area contributed by atoms with Crippen LogP contribution in [0.4, 0.5) is 14.5 Å². The number of rotatable bonds is 6. The minimum atomic E-state index is -3.01. The zero-order valence-electron chi connectivity index (χ0n) is 14.0. The normalized spacial score (nSPS) is 10.6. The number of para-hydroxylation sites is 2. The third-order valence-corrected chi connectivity index (χ3v) is 3.50. The van der Waals surface area contributed by atoms with Crippen molar-refractivity contribution in [3.8, 4) is 5.75 Å². The van der Waals surface area contributed by atoms with Gasteiger partial charge in [0, 0.05) is 5.69 Å². The first kappa shape index (κ1) is 18.4. The number of nitrogens with one attached hydrogen (secondary N) is 2. The summed E-state index contributed by atoms with van der Waals surface area (Å²) in [5, 5.41) is 2.50. The molecule has 1 amide bonds. The second-order valence-electron chi connectivity index (χ2n) is 5.17. The summed E-state index contributed by atoms with van der Waals surface area (Å²) in [5.41, 5.74) is 1.42. The molecule has 0 fully saturated rings. The summed E-state index contributed by atoms with van der Waals surface area (Å²) >= 11 is 0. The third kappa shape index (κ3) is 4.14. The maximum absolute atomic E-state index is 12.5. The van der Waals surface area contributed by atoms with E-state index >= 15 is 0 Å². The van der Waals surface area contributed by atoms with Crippen LogP contribution in [0.15, 0.2) is 24.3 Å². The molecule has 1 aromatic carbocycles. The molecule has 0 radical (unpaired) electrons. The Morgan fingerprint density at radius 1 is 1.24 bits per heavy atom. The van der Waals surface area contributed by atoms with Crippen molar-refractivity contribution in [2.45, 2.75) is 27.4 Å². The third-order valence-electron chi connectivity index (χ3n) is 3.50. The van der Waals surface area contributed by atoms with E-state index in [2.05, 4.69) is 15.0 Å². The quantitative estimate of drug-likeness (QED) is 0.778. The van der Waals surface area contributed by atoms with Crippen LogP contribution in [0.2, 0.25) is 0 Å². The van der Waals surface area contributed by atoms with Gasteiger partial charge in [-0.1, -0.05) is 12.1 Å². The molecule has 0 saturated heterocycles. The number of halogens is 2. The lowest BCUT2D eigenvalue weighted by molar-refractivity contribution is -0.0493. The lowest BCUT2D eigenvalue weighted by atomic mass is 10.1. The van der Waals surface area contributed by atoms with Crippen molar-refractivity contribution in [1.29, 1.82) is 0 Å². The number of carbonyl (C=O) groups is 2. The molecular weight excluding hydrogens is 334 g/mol. The summed E-state index contributed by atoms with van der Waals surface area (Å²) in [7, 11) is 0. The first-order valence-electron chi connectivity index (χ1n) is 7.56. The summed E-state index contributed by atoms with van der Waals surface area (Å²) in [6.45, 7) is 2.13. The van der Waals surface area contributed by atoms with Crippen LogP contribution in [0.5, 0.6) is 5.75 Å². The van der Waals surface area contributed by atoms with Crippen LogP contribution in [0, 0.1) is 13.8 Å². The van der Waals surface area contributed by atoms with Crippen LogP contribution in [-0.2, 0) is 4.74 Å². The zero-order valence-corrected chi connectivity index (χ0v) is 14.0. The first-order chi connectivity index (χ1) is 11.8. The van der Waals surface area contributed by atoms with Crippen LogP contribution in [0.1, 0.15) is 39.0 Å². The molecule has 0 aliphatic carbocycles. The summed E-state index contributed by atoms with van der Waals surface area (Å²) in [6.07, 6.45) is 0. The Hall–Kier alpha value is -2.90. The summed E-state index contributed by atoms with van der Waals surface area (Å²) in [6, 6.07) is 5.84. The topological polar surface area (TPSA) is 80.4 Å². The van der Waals surface area contributed by atoms with E-state index in [0.29, 0.717) is 11.3 Å². The molecule has 2 rings (SSSR count). The van der Waals surface area contributed by atoms with Gasteiger partial charge >= 0.3 is 12.6 Å². The van der Waals surface area contributed by atoms with Crippen molar-refractivity contribution < 1.29 is 27.8 Å². The number of carbonyl (C=O) groups excluding carboxylic acids is 2. The number of anilines is 1. The van der Waals surface area contributed by atoms with Gasteiger partial charge in [-0.2, -0.15) is 8.78 Å². The molecule has 1 aromatic heterocycles. The Morgan fingerprint density at radius 2 is 1.92 bits per heavy atom. The molecule has 8 heteroatoms. The van der Waals surface area contributed by atoms with Crippen molar-refractivity contribution in [3.05, 3.63) is 46.8 Å². The van der Waals surface area contributed by atoms with Crippen LogP contribution < -0.4 is 10.1 Å². The van der Waals surface area contributed by atoms with E-state index in [9.17, 15) is 18.4 Å². The molecule has 25 heavy (non-hydrogen) atoms. The number of aryl methyl sites for hydroxylation is 1. The highest BCUT2D eigenvalue weighted by Crippen LogP contribution is 2.27. The average molecular weight is 352 g/mol. The molecule has 0 aliphatic rings. The van der Waals surface area contributed by atoms with E-state index in [1.165, 1.54) is 18.2 Å². The second-order valence-corrected chi connectivity index (χ2v) is 5.17. The molecule has 0 spiro atoms. The number of hydrogen-bond acceptors (Lipinski definition) is 4. The van der Waals surface area contributed by atoms with Crippen LogP contribution in [-0.4, -0.2) is 30.1 Å². The fourth-order valence-corrected chi connectivity index (χ4v) is 2.44. The summed E-state index contributed by atoms with van der Waals surface area (Å²) in [4.78, 5) is 27.3. The number of aromatic amines is 1. The molecular formula is C17H18F2N2O4. The van der Waals surface area contributed by atoms with Gasteiger partial charge in [0.2, 0.25) is 0 Å². The van der Waals surface area contributed by atoms with Crippen LogP contribution in [0.3, 0.4) is 0 Å². The highest BCUT2D eigenvalue weighted by molar-refractivity contribution is 6.07. The molecule has 0 aliphatic heterocycles. The molecule has 2 N–H and O–H groups in total. The molecule has 2 aromatic rings. The number of aromatic nitrogens is 1. The Bertz CT molecular complexity index is 787. The highest BCUT2D eigenvalue weighted by Gasteiger charge is 2.23. The fourth-order valence-electron chi connectivity index (χ4n) is 2.44. The van der Waals surface area contributed by atoms with Crippen molar-refractivity contribution in [2.75, 3.05) is 11.9 Å². The standard InChI is InChI=1S/C17H18F2N2O4/c1-4-24-16(23)13-9(2)14(20-10(13)3)15(22)21-11-7-5-6-8-12(11)25-17(18)19/h5-8,17,20H,4H2,1-3H3,(H,21,22).